The van der Waals surface area contributed by atoms with Crippen LogP contribution >= 0.6 is 0 Å². The van der Waals surface area contributed by atoms with Crippen LogP contribution in [0, 0.1) is 0 Å². The highest BCUT2D eigenvalue weighted by molar-refractivity contribution is 5.94. The Kier molecular flexibility index (Phi) is 7.08. The molecule has 0 atom stereocenters. The molecule has 1 aromatic heterocycles. The van der Waals surface area contributed by atoms with Crippen LogP contribution in [0.4, 0.5) is 16.3 Å². The van der Waals surface area contributed by atoms with Gasteiger partial charge in [0.25, 0.3) is 5.91 Å². The second kappa shape index (κ2) is 10.7. The summed E-state index contributed by atoms with van der Waals surface area (Å²) in [5.74, 6) is 1.54. The first-order valence-corrected chi connectivity index (χ1v) is 12.3. The number of hydrogen-bond acceptors (Lipinski definition) is 6. The molecule has 2 aromatic carbocycles. The Bertz CT molecular complexity index is 1230. The molecule has 0 spiro atoms. The van der Waals surface area contributed by atoms with Crippen molar-refractivity contribution in [3.8, 4) is 11.4 Å². The van der Waals surface area contributed by atoms with E-state index >= 15 is 0 Å². The lowest BCUT2D eigenvalue weighted by molar-refractivity contribution is 0.0731. The van der Waals surface area contributed by atoms with Gasteiger partial charge >= 0.3 is 6.03 Å². The first kappa shape index (κ1) is 23.7. The van der Waals surface area contributed by atoms with Crippen LogP contribution in [0.15, 0.2) is 54.6 Å². The summed E-state index contributed by atoms with van der Waals surface area (Å²) in [5, 5.41) is 5.53. The van der Waals surface area contributed by atoms with Crippen LogP contribution in [-0.4, -0.2) is 66.2 Å². The zero-order valence-electron chi connectivity index (χ0n) is 20.4. The first-order valence-electron chi connectivity index (χ1n) is 12.3. The lowest BCUT2D eigenvalue weighted by Gasteiger charge is -2.34. The quantitative estimate of drug-likeness (QED) is 0.574. The second-order valence-corrected chi connectivity index (χ2v) is 8.80. The van der Waals surface area contributed by atoms with E-state index in [4.69, 9.17) is 14.7 Å². The van der Waals surface area contributed by atoms with Gasteiger partial charge in [-0.05, 0) is 49.7 Å². The van der Waals surface area contributed by atoms with E-state index in [0.717, 1.165) is 35.7 Å². The fourth-order valence-corrected chi connectivity index (χ4v) is 4.55. The normalized spacial score (nSPS) is 15.2. The molecule has 1 fully saturated rings. The van der Waals surface area contributed by atoms with Crippen LogP contribution in [0.5, 0.6) is 0 Å². The molecular formula is C27H30N6O3. The molecule has 3 aromatic rings. The van der Waals surface area contributed by atoms with Crippen LogP contribution in [0.25, 0.3) is 11.4 Å². The standard InChI is InChI=1S/C27H30N6O3/c1-2-28-27(35)29-21-10-8-19(9-11-21)24-30-23-18-33(26(34)20-6-4-3-5-7-20)13-12-22(23)25(31-24)32-14-16-36-17-15-32/h3-11H,2,12-18H2,1H3,(H2,28,29,35). The van der Waals surface area contributed by atoms with Gasteiger partial charge in [0.2, 0.25) is 0 Å². The van der Waals surface area contributed by atoms with Crippen LogP contribution in [0.1, 0.15) is 28.5 Å². The number of urea groups is 1. The Labute approximate surface area is 210 Å². The predicted octanol–water partition coefficient (Wildman–Crippen LogP) is 3.32. The van der Waals surface area contributed by atoms with Gasteiger partial charge in [0.15, 0.2) is 5.82 Å². The highest BCUT2D eigenvalue weighted by atomic mass is 16.5. The van der Waals surface area contributed by atoms with Gasteiger partial charge in [0, 0.05) is 48.6 Å². The van der Waals surface area contributed by atoms with Gasteiger partial charge in [-0.25, -0.2) is 14.8 Å². The fraction of sp³-hybridized carbons (Fsp3) is 0.333. The molecule has 186 valence electrons. The Morgan fingerprint density at radius 1 is 0.972 bits per heavy atom. The minimum absolute atomic E-state index is 0.00937. The number of morpholine rings is 1. The number of amides is 3. The maximum atomic E-state index is 13.1. The van der Waals surface area contributed by atoms with Crippen molar-refractivity contribution in [2.45, 2.75) is 19.9 Å². The van der Waals surface area contributed by atoms with E-state index in [0.29, 0.717) is 56.3 Å². The van der Waals surface area contributed by atoms with E-state index in [1.165, 1.54) is 0 Å². The molecule has 1 saturated heterocycles. The van der Waals surface area contributed by atoms with Crippen molar-refractivity contribution >= 4 is 23.4 Å². The number of carbonyl (C=O) groups is 2. The van der Waals surface area contributed by atoms with Crippen LogP contribution in [0.3, 0.4) is 0 Å². The molecule has 9 heteroatoms. The highest BCUT2D eigenvalue weighted by Gasteiger charge is 2.28. The summed E-state index contributed by atoms with van der Waals surface area (Å²) in [6.07, 6.45) is 0.705. The number of carbonyl (C=O) groups excluding carboxylic acids is 2. The van der Waals surface area contributed by atoms with Crippen LogP contribution < -0.4 is 15.5 Å². The van der Waals surface area contributed by atoms with Gasteiger partial charge in [-0.15, -0.1) is 0 Å². The minimum atomic E-state index is -0.243. The largest absolute Gasteiger partial charge is 0.378 e. The van der Waals surface area contributed by atoms with Crippen molar-refractivity contribution in [3.63, 3.8) is 0 Å². The molecule has 0 radical (unpaired) electrons. The van der Waals surface area contributed by atoms with Gasteiger partial charge in [0.1, 0.15) is 5.82 Å². The topological polar surface area (TPSA) is 99.7 Å². The van der Waals surface area contributed by atoms with E-state index in [9.17, 15) is 9.59 Å². The molecule has 2 N–H and O–H groups in total. The molecule has 0 bridgehead atoms. The third kappa shape index (κ3) is 5.16. The molecule has 0 aliphatic carbocycles. The number of rotatable bonds is 5. The number of aromatic nitrogens is 2. The molecule has 36 heavy (non-hydrogen) atoms. The Hall–Kier alpha value is -3.98. The van der Waals surface area contributed by atoms with Crippen LogP contribution in [0.2, 0.25) is 0 Å². The van der Waals surface area contributed by atoms with E-state index in [2.05, 4.69) is 15.5 Å². The SMILES string of the molecule is CCNC(=O)Nc1ccc(-c2nc3c(c(N4CCOCC4)n2)CCN(C(=O)c2ccccc2)C3)cc1. The zero-order valence-corrected chi connectivity index (χ0v) is 20.4. The number of nitrogens with one attached hydrogen (secondary N) is 2. The summed E-state index contributed by atoms with van der Waals surface area (Å²) in [5.41, 5.74) is 4.20. The predicted molar refractivity (Wildman–Crippen MR) is 138 cm³/mol. The third-order valence-corrected chi connectivity index (χ3v) is 6.40. The van der Waals surface area contributed by atoms with Crippen molar-refractivity contribution in [2.24, 2.45) is 0 Å². The molecular weight excluding hydrogens is 456 g/mol. The molecule has 9 nitrogen and oxygen atoms in total. The molecule has 3 amide bonds. The Morgan fingerprint density at radius 2 is 1.72 bits per heavy atom. The number of nitrogens with zero attached hydrogens (tertiary/aromatic N) is 4. The molecule has 3 heterocycles. The average molecular weight is 487 g/mol. The average Bonchev–Trinajstić information content (AvgIpc) is 2.93. The van der Waals surface area contributed by atoms with E-state index < -0.39 is 0 Å². The van der Waals surface area contributed by atoms with Crippen molar-refractivity contribution in [1.29, 1.82) is 0 Å². The highest BCUT2D eigenvalue weighted by Crippen LogP contribution is 2.31. The maximum Gasteiger partial charge on any atom is 0.319 e. The van der Waals surface area contributed by atoms with Crippen molar-refractivity contribution in [3.05, 3.63) is 71.4 Å². The summed E-state index contributed by atoms with van der Waals surface area (Å²) in [4.78, 5) is 39.0. The van der Waals surface area contributed by atoms with E-state index in [1.54, 1.807) is 0 Å². The van der Waals surface area contributed by atoms with Crippen molar-refractivity contribution in [2.75, 3.05) is 49.6 Å². The zero-order chi connectivity index (χ0) is 24.9. The first-order chi connectivity index (χ1) is 17.6. The van der Waals surface area contributed by atoms with Gasteiger partial charge in [-0.1, -0.05) is 18.2 Å². The van der Waals surface area contributed by atoms with Crippen molar-refractivity contribution < 1.29 is 14.3 Å². The number of fused-ring (bicyclic) bond motifs is 1. The van der Waals surface area contributed by atoms with Gasteiger partial charge in [-0.2, -0.15) is 0 Å². The van der Waals surface area contributed by atoms with Gasteiger partial charge in [-0.3, -0.25) is 4.79 Å². The smallest absolute Gasteiger partial charge is 0.319 e. The second-order valence-electron chi connectivity index (χ2n) is 8.80. The Balaban J connectivity index is 1.46. The van der Waals surface area contributed by atoms with Gasteiger partial charge in [0.05, 0.1) is 25.5 Å². The number of benzene rings is 2. The maximum absolute atomic E-state index is 13.1. The summed E-state index contributed by atoms with van der Waals surface area (Å²) in [6, 6.07) is 16.6. The monoisotopic (exact) mass is 486 g/mol. The molecule has 2 aliphatic heterocycles. The summed E-state index contributed by atoms with van der Waals surface area (Å²) >= 11 is 0. The fourth-order valence-electron chi connectivity index (χ4n) is 4.55. The molecule has 2 aliphatic rings. The lowest BCUT2D eigenvalue weighted by atomic mass is 10.0. The summed E-state index contributed by atoms with van der Waals surface area (Å²) < 4.78 is 5.56. The van der Waals surface area contributed by atoms with E-state index in [-0.39, 0.29) is 11.9 Å². The van der Waals surface area contributed by atoms with E-state index in [1.807, 2.05) is 66.4 Å². The molecule has 5 rings (SSSR count). The number of hydrogen-bond donors (Lipinski definition) is 2. The third-order valence-electron chi connectivity index (χ3n) is 6.40. The molecule has 0 unspecified atom stereocenters. The lowest BCUT2D eigenvalue weighted by Crippen LogP contribution is -2.40. The Morgan fingerprint density at radius 3 is 2.44 bits per heavy atom. The summed E-state index contributed by atoms with van der Waals surface area (Å²) in [6.45, 7) is 6.35. The minimum Gasteiger partial charge on any atom is -0.378 e. The number of anilines is 2. The van der Waals surface area contributed by atoms with Gasteiger partial charge < -0.3 is 25.2 Å². The summed E-state index contributed by atoms with van der Waals surface area (Å²) in [7, 11) is 0. The molecule has 0 saturated carbocycles. The van der Waals surface area contributed by atoms with Crippen LogP contribution in [-0.2, 0) is 17.7 Å². The number of ether oxygens (including phenoxy) is 1. The van der Waals surface area contributed by atoms with Crippen molar-refractivity contribution in [1.82, 2.24) is 20.2 Å².